The van der Waals surface area contributed by atoms with Crippen molar-refractivity contribution in [2.45, 2.75) is 25.7 Å². The van der Waals surface area contributed by atoms with Crippen molar-refractivity contribution in [2.24, 2.45) is 0 Å². The van der Waals surface area contributed by atoms with Gasteiger partial charge in [-0.2, -0.15) is 0 Å². The standard InChI is InChI=1S/C12H8ClN3.C6H16OSi/c13-10-3-5-15-12-11(10)9(7-16-12)8-2-1-4-14-6-8;1-7-5-6-8(2,3)4/h1-7H,(H,15,16);5-6H2,1-4H3. The van der Waals surface area contributed by atoms with E-state index >= 15 is 0 Å². The van der Waals surface area contributed by atoms with Crippen molar-refractivity contribution < 1.29 is 4.74 Å². The Morgan fingerprint density at radius 3 is 2.58 bits per heavy atom. The fourth-order valence-electron chi connectivity index (χ4n) is 2.17. The lowest BCUT2D eigenvalue weighted by Crippen LogP contribution is -2.21. The van der Waals surface area contributed by atoms with E-state index in [0.29, 0.717) is 5.02 Å². The Labute approximate surface area is 149 Å². The molecule has 0 spiro atoms. The molecule has 0 aliphatic rings. The molecule has 0 bridgehead atoms. The van der Waals surface area contributed by atoms with Gasteiger partial charge in [-0.3, -0.25) is 4.98 Å². The first kappa shape index (κ1) is 18.6. The fourth-order valence-corrected chi connectivity index (χ4v) is 3.24. The molecule has 4 nitrogen and oxygen atoms in total. The Bertz CT molecular complexity index is 769. The molecule has 6 heteroatoms. The summed E-state index contributed by atoms with van der Waals surface area (Å²) in [5.41, 5.74) is 2.86. The van der Waals surface area contributed by atoms with Gasteiger partial charge in [0.25, 0.3) is 0 Å². The molecule has 0 radical (unpaired) electrons. The summed E-state index contributed by atoms with van der Waals surface area (Å²) in [6.45, 7) is 8.00. The van der Waals surface area contributed by atoms with E-state index in [1.807, 2.05) is 24.5 Å². The first-order valence-electron chi connectivity index (χ1n) is 7.93. The second kappa shape index (κ2) is 8.42. The average molecular weight is 362 g/mol. The highest BCUT2D eigenvalue weighted by atomic mass is 35.5. The molecule has 3 aromatic rings. The van der Waals surface area contributed by atoms with Gasteiger partial charge in [-0.05, 0) is 18.2 Å². The van der Waals surface area contributed by atoms with Crippen molar-refractivity contribution in [2.75, 3.05) is 13.7 Å². The molecular weight excluding hydrogens is 338 g/mol. The smallest absolute Gasteiger partial charge is 0.139 e. The number of nitrogens with zero attached hydrogens (tertiary/aromatic N) is 2. The van der Waals surface area contributed by atoms with Gasteiger partial charge in [0.1, 0.15) is 5.65 Å². The van der Waals surface area contributed by atoms with Crippen LogP contribution >= 0.6 is 11.6 Å². The van der Waals surface area contributed by atoms with E-state index in [2.05, 4.69) is 34.6 Å². The topological polar surface area (TPSA) is 50.8 Å². The Hall–Kier alpha value is -1.69. The number of nitrogens with one attached hydrogen (secondary N) is 1. The zero-order chi connectivity index (χ0) is 17.6. The molecule has 0 aliphatic carbocycles. The van der Waals surface area contributed by atoms with Crippen LogP contribution in [0.2, 0.25) is 30.7 Å². The van der Waals surface area contributed by atoms with Crippen LogP contribution in [-0.4, -0.2) is 36.7 Å². The van der Waals surface area contributed by atoms with E-state index < -0.39 is 8.07 Å². The van der Waals surface area contributed by atoms with Crippen LogP contribution in [-0.2, 0) is 4.74 Å². The number of ether oxygens (including phenoxy) is 1. The minimum Gasteiger partial charge on any atom is -0.385 e. The molecule has 3 rings (SSSR count). The summed E-state index contributed by atoms with van der Waals surface area (Å²) in [4.78, 5) is 11.4. The molecular formula is C18H24ClN3OSi. The largest absolute Gasteiger partial charge is 0.385 e. The van der Waals surface area contributed by atoms with Crippen molar-refractivity contribution in [3.63, 3.8) is 0 Å². The van der Waals surface area contributed by atoms with Crippen molar-refractivity contribution in [1.82, 2.24) is 15.0 Å². The SMILES string of the molecule is COCC[Si](C)(C)C.Clc1ccnc2[nH]cc(-c3cccnc3)c12. The van der Waals surface area contributed by atoms with Gasteiger partial charge < -0.3 is 9.72 Å². The van der Waals surface area contributed by atoms with Crippen LogP contribution in [0.3, 0.4) is 0 Å². The quantitative estimate of drug-likeness (QED) is 0.645. The van der Waals surface area contributed by atoms with Crippen LogP contribution in [0.1, 0.15) is 0 Å². The van der Waals surface area contributed by atoms with Crippen LogP contribution in [0, 0.1) is 0 Å². The summed E-state index contributed by atoms with van der Waals surface area (Å²) in [6, 6.07) is 6.97. The van der Waals surface area contributed by atoms with Crippen molar-refractivity contribution >= 4 is 30.7 Å². The molecule has 128 valence electrons. The van der Waals surface area contributed by atoms with Gasteiger partial charge in [-0.1, -0.05) is 37.3 Å². The Balaban J connectivity index is 0.000000224. The van der Waals surface area contributed by atoms with E-state index in [9.17, 15) is 0 Å². The highest BCUT2D eigenvalue weighted by Gasteiger charge is 2.11. The zero-order valence-electron chi connectivity index (χ0n) is 14.6. The zero-order valence-corrected chi connectivity index (χ0v) is 16.4. The molecule has 0 atom stereocenters. The first-order chi connectivity index (χ1) is 11.4. The van der Waals surface area contributed by atoms with Crippen molar-refractivity contribution in [1.29, 1.82) is 0 Å². The number of rotatable bonds is 4. The molecule has 0 aromatic carbocycles. The number of fused-ring (bicyclic) bond motifs is 1. The number of methoxy groups -OCH3 is 1. The highest BCUT2D eigenvalue weighted by molar-refractivity contribution is 6.76. The summed E-state index contributed by atoms with van der Waals surface area (Å²) < 4.78 is 4.95. The van der Waals surface area contributed by atoms with Crippen molar-refractivity contribution in [3.8, 4) is 11.1 Å². The molecule has 3 heterocycles. The number of hydrogen-bond acceptors (Lipinski definition) is 3. The maximum atomic E-state index is 6.17. The molecule has 0 amide bonds. The number of aromatic nitrogens is 3. The van der Waals surface area contributed by atoms with E-state index in [-0.39, 0.29) is 0 Å². The third kappa shape index (κ3) is 5.16. The molecule has 0 saturated carbocycles. The van der Waals surface area contributed by atoms with Crippen molar-refractivity contribution in [3.05, 3.63) is 48.0 Å². The summed E-state index contributed by atoms with van der Waals surface area (Å²) in [5.74, 6) is 0. The summed E-state index contributed by atoms with van der Waals surface area (Å²) in [5, 5.41) is 1.64. The summed E-state index contributed by atoms with van der Waals surface area (Å²) >= 11 is 6.17. The van der Waals surface area contributed by atoms with Crippen LogP contribution < -0.4 is 0 Å². The van der Waals surface area contributed by atoms with Gasteiger partial charge >= 0.3 is 0 Å². The van der Waals surface area contributed by atoms with E-state index in [1.54, 1.807) is 25.6 Å². The molecule has 0 aliphatic heterocycles. The van der Waals surface area contributed by atoms with Gasteiger partial charge in [-0.15, -0.1) is 0 Å². The number of H-pyrrole nitrogens is 1. The minimum absolute atomic E-state index is 0.699. The van der Waals surface area contributed by atoms with Crippen LogP contribution in [0.5, 0.6) is 0 Å². The lowest BCUT2D eigenvalue weighted by Gasteiger charge is -2.13. The Kier molecular flexibility index (Phi) is 6.54. The lowest BCUT2D eigenvalue weighted by atomic mass is 10.1. The normalized spacial score (nSPS) is 11.2. The predicted octanol–water partition coefficient (Wildman–Crippen LogP) is 5.25. The third-order valence-corrected chi connectivity index (χ3v) is 5.57. The van der Waals surface area contributed by atoms with Gasteiger partial charge in [0, 0.05) is 63.1 Å². The summed E-state index contributed by atoms with van der Waals surface area (Å²) in [6.07, 6.45) is 7.15. The third-order valence-electron chi connectivity index (χ3n) is 3.55. The minimum atomic E-state index is -0.803. The number of pyridine rings is 2. The summed E-state index contributed by atoms with van der Waals surface area (Å²) in [7, 11) is 0.961. The molecule has 0 fully saturated rings. The molecule has 0 saturated heterocycles. The fraction of sp³-hybridized carbons (Fsp3) is 0.333. The van der Waals surface area contributed by atoms with Gasteiger partial charge in [0.15, 0.2) is 0 Å². The van der Waals surface area contributed by atoms with Gasteiger partial charge in [-0.25, -0.2) is 4.98 Å². The maximum Gasteiger partial charge on any atom is 0.139 e. The van der Waals surface area contributed by atoms with E-state index in [0.717, 1.165) is 28.8 Å². The Morgan fingerprint density at radius 1 is 1.21 bits per heavy atom. The monoisotopic (exact) mass is 361 g/mol. The molecule has 0 unspecified atom stereocenters. The second-order valence-corrected chi connectivity index (χ2v) is 12.8. The Morgan fingerprint density at radius 2 is 2.00 bits per heavy atom. The number of hydrogen-bond donors (Lipinski definition) is 1. The van der Waals surface area contributed by atoms with Crippen LogP contribution in [0.4, 0.5) is 0 Å². The molecule has 3 aromatic heterocycles. The maximum absolute atomic E-state index is 6.17. The molecule has 1 N–H and O–H groups in total. The molecule has 24 heavy (non-hydrogen) atoms. The van der Waals surface area contributed by atoms with E-state index in [1.165, 1.54) is 6.04 Å². The van der Waals surface area contributed by atoms with Gasteiger partial charge in [0.2, 0.25) is 0 Å². The lowest BCUT2D eigenvalue weighted by molar-refractivity contribution is 0.214. The highest BCUT2D eigenvalue weighted by Crippen LogP contribution is 2.31. The second-order valence-electron chi connectivity index (χ2n) is 6.76. The van der Waals surface area contributed by atoms with Gasteiger partial charge in [0.05, 0.1) is 5.02 Å². The van der Waals surface area contributed by atoms with Crippen LogP contribution in [0.15, 0.2) is 43.0 Å². The first-order valence-corrected chi connectivity index (χ1v) is 12.0. The number of halogens is 1. The van der Waals surface area contributed by atoms with E-state index in [4.69, 9.17) is 16.3 Å². The van der Waals surface area contributed by atoms with Crippen LogP contribution in [0.25, 0.3) is 22.2 Å². The number of aromatic amines is 1. The average Bonchev–Trinajstić information content (AvgIpc) is 2.99. The predicted molar refractivity (Wildman–Crippen MR) is 104 cm³/mol.